The number of rotatable bonds is 3. The molecular formula is C14H18N2O5S. The van der Waals surface area contributed by atoms with Crippen LogP contribution in [-0.4, -0.2) is 62.3 Å². The summed E-state index contributed by atoms with van der Waals surface area (Å²) in [5.74, 6) is -0.907. The van der Waals surface area contributed by atoms with Crippen molar-refractivity contribution >= 4 is 21.9 Å². The van der Waals surface area contributed by atoms with E-state index in [4.69, 9.17) is 0 Å². The number of piperazine rings is 1. The molecule has 0 aromatic heterocycles. The molecule has 0 radical (unpaired) electrons. The summed E-state index contributed by atoms with van der Waals surface area (Å²) in [5.41, 5.74) is 0. The summed E-state index contributed by atoms with van der Waals surface area (Å²) >= 11 is 0. The lowest BCUT2D eigenvalue weighted by molar-refractivity contribution is -0.154. The lowest BCUT2D eigenvalue weighted by Gasteiger charge is -2.38. The van der Waals surface area contributed by atoms with Gasteiger partial charge in [0, 0.05) is 26.6 Å². The molecule has 1 heterocycles. The van der Waals surface area contributed by atoms with Crippen molar-refractivity contribution in [3.8, 4) is 0 Å². The molecule has 1 aliphatic heterocycles. The Hall–Kier alpha value is -1.93. The van der Waals surface area contributed by atoms with Gasteiger partial charge in [0.15, 0.2) is 0 Å². The van der Waals surface area contributed by atoms with E-state index in [1.165, 1.54) is 35.4 Å². The maximum absolute atomic E-state index is 12.6. The molecule has 1 aliphatic rings. The predicted octanol–water partition coefficient (Wildman–Crippen LogP) is 0.0810. The first-order chi connectivity index (χ1) is 10.4. The van der Waals surface area contributed by atoms with Crippen molar-refractivity contribution in [1.29, 1.82) is 0 Å². The average Bonchev–Trinajstić information content (AvgIpc) is 2.54. The zero-order valence-corrected chi connectivity index (χ0v) is 13.2. The Bertz CT molecular complexity index is 659. The first-order valence-corrected chi connectivity index (χ1v) is 8.22. The third-order valence-corrected chi connectivity index (χ3v) is 5.48. The van der Waals surface area contributed by atoms with E-state index < -0.39 is 22.0 Å². The minimum Gasteiger partial charge on any atom is -0.467 e. The van der Waals surface area contributed by atoms with Crippen LogP contribution in [0.4, 0.5) is 0 Å². The second-order valence-corrected chi connectivity index (χ2v) is 6.87. The molecule has 0 bridgehead atoms. The maximum atomic E-state index is 12.6. The SMILES string of the molecule is COC(=O)[C@@H]1CN(S(=O)(=O)c2ccccc2)CCN1C(C)=O. The van der Waals surface area contributed by atoms with Crippen LogP contribution in [0.1, 0.15) is 6.92 Å². The topological polar surface area (TPSA) is 84.0 Å². The number of esters is 1. The molecule has 1 atom stereocenters. The predicted molar refractivity (Wildman–Crippen MR) is 78.4 cm³/mol. The second kappa shape index (κ2) is 6.45. The monoisotopic (exact) mass is 326 g/mol. The molecule has 2 rings (SSSR count). The number of nitrogens with zero attached hydrogens (tertiary/aromatic N) is 2. The quantitative estimate of drug-likeness (QED) is 0.735. The van der Waals surface area contributed by atoms with E-state index >= 15 is 0 Å². The van der Waals surface area contributed by atoms with Crippen LogP contribution in [-0.2, 0) is 24.3 Å². The highest BCUT2D eigenvalue weighted by molar-refractivity contribution is 7.89. The van der Waals surface area contributed by atoms with E-state index in [0.29, 0.717) is 0 Å². The molecular weight excluding hydrogens is 308 g/mol. The number of hydrogen-bond donors (Lipinski definition) is 0. The van der Waals surface area contributed by atoms with Gasteiger partial charge in [0.2, 0.25) is 15.9 Å². The minimum atomic E-state index is -3.70. The zero-order valence-electron chi connectivity index (χ0n) is 12.4. The summed E-state index contributed by atoms with van der Waals surface area (Å²) < 4.78 is 31.1. The van der Waals surface area contributed by atoms with E-state index in [-0.39, 0.29) is 30.4 Å². The van der Waals surface area contributed by atoms with Crippen LogP contribution in [0.5, 0.6) is 0 Å². The van der Waals surface area contributed by atoms with Gasteiger partial charge in [-0.2, -0.15) is 4.31 Å². The average molecular weight is 326 g/mol. The van der Waals surface area contributed by atoms with Gasteiger partial charge in [0.05, 0.1) is 12.0 Å². The van der Waals surface area contributed by atoms with Crippen LogP contribution in [0.3, 0.4) is 0 Å². The van der Waals surface area contributed by atoms with E-state index in [2.05, 4.69) is 4.74 Å². The molecule has 120 valence electrons. The number of carbonyl (C=O) groups excluding carboxylic acids is 2. The molecule has 0 saturated carbocycles. The highest BCUT2D eigenvalue weighted by Gasteiger charge is 2.39. The lowest BCUT2D eigenvalue weighted by Crippen LogP contribution is -2.59. The molecule has 1 aromatic rings. The summed E-state index contributed by atoms with van der Waals surface area (Å²) in [6, 6.07) is 7.08. The Kier molecular flexibility index (Phi) is 4.82. The van der Waals surface area contributed by atoms with Crippen LogP contribution >= 0.6 is 0 Å². The molecule has 7 nitrogen and oxygen atoms in total. The second-order valence-electron chi connectivity index (χ2n) is 4.93. The number of ether oxygens (including phenoxy) is 1. The molecule has 22 heavy (non-hydrogen) atoms. The number of carbonyl (C=O) groups is 2. The van der Waals surface area contributed by atoms with E-state index in [1.54, 1.807) is 18.2 Å². The molecule has 0 N–H and O–H groups in total. The lowest BCUT2D eigenvalue weighted by atomic mass is 10.2. The summed E-state index contributed by atoms with van der Waals surface area (Å²) in [6.07, 6.45) is 0. The van der Waals surface area contributed by atoms with Crippen molar-refractivity contribution in [1.82, 2.24) is 9.21 Å². The van der Waals surface area contributed by atoms with E-state index in [0.717, 1.165) is 0 Å². The Morgan fingerprint density at radius 2 is 1.82 bits per heavy atom. The molecule has 1 fully saturated rings. The van der Waals surface area contributed by atoms with Gasteiger partial charge < -0.3 is 9.64 Å². The first kappa shape index (κ1) is 16.4. The Balaban J connectivity index is 2.28. The van der Waals surface area contributed by atoms with Gasteiger partial charge in [-0.3, -0.25) is 4.79 Å². The van der Waals surface area contributed by atoms with Gasteiger partial charge in [0.25, 0.3) is 0 Å². The fourth-order valence-corrected chi connectivity index (χ4v) is 3.89. The largest absolute Gasteiger partial charge is 0.467 e. The van der Waals surface area contributed by atoms with Crippen LogP contribution < -0.4 is 0 Å². The maximum Gasteiger partial charge on any atom is 0.329 e. The molecule has 0 aliphatic carbocycles. The van der Waals surface area contributed by atoms with Gasteiger partial charge in [0.1, 0.15) is 6.04 Å². The number of benzene rings is 1. The molecule has 8 heteroatoms. The molecule has 0 spiro atoms. The van der Waals surface area contributed by atoms with Crippen LogP contribution in [0.25, 0.3) is 0 Å². The third-order valence-electron chi connectivity index (χ3n) is 3.60. The fourth-order valence-electron chi connectivity index (χ4n) is 2.43. The summed E-state index contributed by atoms with van der Waals surface area (Å²) in [7, 11) is -2.48. The third kappa shape index (κ3) is 3.12. The molecule has 1 aromatic carbocycles. The number of methoxy groups -OCH3 is 1. The van der Waals surface area contributed by atoms with Gasteiger partial charge in [-0.15, -0.1) is 0 Å². The van der Waals surface area contributed by atoms with Crippen molar-refractivity contribution in [2.24, 2.45) is 0 Å². The number of hydrogen-bond acceptors (Lipinski definition) is 5. The highest BCUT2D eigenvalue weighted by Crippen LogP contribution is 2.20. The van der Waals surface area contributed by atoms with Crippen LogP contribution in [0.15, 0.2) is 35.2 Å². The van der Waals surface area contributed by atoms with Gasteiger partial charge >= 0.3 is 5.97 Å². The summed E-state index contributed by atoms with van der Waals surface area (Å²) in [4.78, 5) is 25.0. The first-order valence-electron chi connectivity index (χ1n) is 6.78. The van der Waals surface area contributed by atoms with E-state index in [9.17, 15) is 18.0 Å². The Labute approximate surface area is 129 Å². The number of sulfonamides is 1. The minimum absolute atomic E-state index is 0.108. The molecule has 1 saturated heterocycles. The summed E-state index contributed by atoms with van der Waals surface area (Å²) in [5, 5.41) is 0. The van der Waals surface area contributed by atoms with Crippen LogP contribution in [0.2, 0.25) is 0 Å². The van der Waals surface area contributed by atoms with Crippen molar-refractivity contribution in [2.75, 3.05) is 26.7 Å². The van der Waals surface area contributed by atoms with Crippen molar-refractivity contribution < 1.29 is 22.7 Å². The Morgan fingerprint density at radius 3 is 2.36 bits per heavy atom. The smallest absolute Gasteiger partial charge is 0.329 e. The Morgan fingerprint density at radius 1 is 1.18 bits per heavy atom. The van der Waals surface area contributed by atoms with Gasteiger partial charge in [-0.05, 0) is 12.1 Å². The van der Waals surface area contributed by atoms with Gasteiger partial charge in [-0.1, -0.05) is 18.2 Å². The fraction of sp³-hybridized carbons (Fsp3) is 0.429. The van der Waals surface area contributed by atoms with Crippen molar-refractivity contribution in [3.63, 3.8) is 0 Å². The van der Waals surface area contributed by atoms with Gasteiger partial charge in [-0.25, -0.2) is 13.2 Å². The molecule has 0 unspecified atom stereocenters. The zero-order chi connectivity index (χ0) is 16.3. The van der Waals surface area contributed by atoms with E-state index in [1.807, 2.05) is 0 Å². The van der Waals surface area contributed by atoms with Crippen molar-refractivity contribution in [3.05, 3.63) is 30.3 Å². The summed E-state index contributed by atoms with van der Waals surface area (Å²) in [6.45, 7) is 1.53. The number of amides is 1. The highest BCUT2D eigenvalue weighted by atomic mass is 32.2. The standard InChI is InChI=1S/C14H18N2O5S/c1-11(17)16-9-8-15(10-13(16)14(18)21-2)22(19,20)12-6-4-3-5-7-12/h3-7,13H,8-10H2,1-2H3/t13-/m0/s1. The normalized spacial score (nSPS) is 19.7. The van der Waals surface area contributed by atoms with Crippen molar-refractivity contribution in [2.45, 2.75) is 17.9 Å². The van der Waals surface area contributed by atoms with Crippen LogP contribution in [0, 0.1) is 0 Å². The molecule has 1 amide bonds.